The van der Waals surface area contributed by atoms with Crippen LogP contribution < -0.4 is 10.5 Å². The van der Waals surface area contributed by atoms with Gasteiger partial charge in [-0.25, -0.2) is 0 Å². The van der Waals surface area contributed by atoms with Gasteiger partial charge in [0.05, 0.1) is 19.4 Å². The average molecular weight is 352 g/mol. The van der Waals surface area contributed by atoms with Crippen LogP contribution in [0.1, 0.15) is 23.2 Å². The average Bonchev–Trinajstić information content (AvgIpc) is 3.02. The van der Waals surface area contributed by atoms with Crippen LogP contribution in [0.2, 0.25) is 0 Å². The van der Waals surface area contributed by atoms with E-state index < -0.39 is 0 Å². The fraction of sp³-hybridized carbons (Fsp3) is 0.350. The predicted octanol–water partition coefficient (Wildman–Crippen LogP) is 3.04. The molecule has 0 aliphatic carbocycles. The lowest BCUT2D eigenvalue weighted by Crippen LogP contribution is -2.38. The fourth-order valence-corrected chi connectivity index (χ4v) is 3.54. The maximum absolute atomic E-state index is 5.97. The zero-order valence-electron chi connectivity index (χ0n) is 15.2. The van der Waals surface area contributed by atoms with Gasteiger partial charge >= 0.3 is 0 Å². The molecule has 1 aliphatic rings. The van der Waals surface area contributed by atoms with Crippen LogP contribution in [-0.4, -0.2) is 41.7 Å². The summed E-state index contributed by atoms with van der Waals surface area (Å²) in [5.74, 6) is 0.873. The second-order valence-corrected chi connectivity index (χ2v) is 6.81. The Hall–Kier alpha value is -2.57. The Labute approximate surface area is 152 Å². The molecule has 6 nitrogen and oxygen atoms in total. The number of nitrogen functional groups attached to an aromatic ring is 1. The molecular weight excluding hydrogens is 328 g/mol. The molecule has 136 valence electrons. The van der Waals surface area contributed by atoms with Crippen molar-refractivity contribution in [2.75, 3.05) is 32.5 Å². The number of nitrogens with two attached hydrogens (primary N) is 1. The summed E-state index contributed by atoms with van der Waals surface area (Å²) in [6.07, 6.45) is -0.0459. The minimum atomic E-state index is -0.0459. The number of H-pyrrole nitrogens is 1. The van der Waals surface area contributed by atoms with Crippen LogP contribution in [0.3, 0.4) is 0 Å². The highest BCUT2D eigenvalue weighted by atomic mass is 16.5. The molecule has 4 rings (SSSR count). The van der Waals surface area contributed by atoms with Gasteiger partial charge in [-0.1, -0.05) is 0 Å². The number of fused-ring (bicyclic) bond motifs is 1. The third-order valence-electron chi connectivity index (χ3n) is 4.75. The maximum atomic E-state index is 5.97. The lowest BCUT2D eigenvalue weighted by molar-refractivity contribution is -0.0353. The van der Waals surface area contributed by atoms with Crippen molar-refractivity contribution in [3.8, 4) is 5.75 Å². The van der Waals surface area contributed by atoms with Crippen molar-refractivity contribution in [1.82, 2.24) is 14.9 Å². The molecular formula is C20H24N4O2. The summed E-state index contributed by atoms with van der Waals surface area (Å²) in [5.41, 5.74) is 10.8. The van der Waals surface area contributed by atoms with Gasteiger partial charge in [-0.2, -0.15) is 0 Å². The van der Waals surface area contributed by atoms with E-state index in [1.807, 2.05) is 25.1 Å². The molecule has 1 aromatic carbocycles. The van der Waals surface area contributed by atoms with Crippen LogP contribution in [0.15, 0.2) is 36.4 Å². The lowest BCUT2D eigenvalue weighted by atomic mass is 10.1. The highest BCUT2D eigenvalue weighted by Gasteiger charge is 2.24. The third-order valence-corrected chi connectivity index (χ3v) is 4.75. The van der Waals surface area contributed by atoms with Crippen molar-refractivity contribution in [2.45, 2.75) is 19.6 Å². The number of aryl methyl sites for hydroxylation is 1. The molecule has 0 spiro atoms. The Kier molecular flexibility index (Phi) is 4.53. The maximum Gasteiger partial charge on any atom is 0.119 e. The van der Waals surface area contributed by atoms with Gasteiger partial charge in [-0.05, 0) is 43.3 Å². The van der Waals surface area contributed by atoms with Gasteiger partial charge in [0, 0.05) is 47.6 Å². The number of benzene rings is 1. The number of hydrogen-bond acceptors (Lipinski definition) is 5. The van der Waals surface area contributed by atoms with E-state index in [4.69, 9.17) is 15.2 Å². The van der Waals surface area contributed by atoms with Crippen LogP contribution >= 0.6 is 0 Å². The summed E-state index contributed by atoms with van der Waals surface area (Å²) in [7, 11) is 1.69. The Morgan fingerprint density at radius 1 is 1.31 bits per heavy atom. The molecule has 26 heavy (non-hydrogen) atoms. The molecule has 1 fully saturated rings. The van der Waals surface area contributed by atoms with Crippen LogP contribution in [0, 0.1) is 6.92 Å². The molecule has 0 unspecified atom stereocenters. The minimum absolute atomic E-state index is 0.0459. The summed E-state index contributed by atoms with van der Waals surface area (Å²) >= 11 is 0. The van der Waals surface area contributed by atoms with Gasteiger partial charge in [0.15, 0.2) is 0 Å². The molecule has 1 saturated heterocycles. The monoisotopic (exact) mass is 352 g/mol. The molecule has 0 bridgehead atoms. The fourth-order valence-electron chi connectivity index (χ4n) is 3.54. The number of anilines is 1. The van der Waals surface area contributed by atoms with Crippen molar-refractivity contribution in [3.63, 3.8) is 0 Å². The number of hydrogen-bond donors (Lipinski definition) is 2. The molecule has 1 aliphatic heterocycles. The zero-order valence-corrected chi connectivity index (χ0v) is 15.2. The summed E-state index contributed by atoms with van der Waals surface area (Å²) in [6.45, 7) is 5.19. The van der Waals surface area contributed by atoms with E-state index in [0.717, 1.165) is 53.4 Å². The topological polar surface area (TPSA) is 76.4 Å². The van der Waals surface area contributed by atoms with E-state index in [2.05, 4.69) is 33.1 Å². The number of aromatic amines is 1. The van der Waals surface area contributed by atoms with Crippen molar-refractivity contribution in [3.05, 3.63) is 53.5 Å². The van der Waals surface area contributed by atoms with Gasteiger partial charge < -0.3 is 20.2 Å². The van der Waals surface area contributed by atoms with E-state index in [-0.39, 0.29) is 6.10 Å². The molecule has 0 radical (unpaired) electrons. The van der Waals surface area contributed by atoms with Crippen LogP contribution in [-0.2, 0) is 11.3 Å². The van der Waals surface area contributed by atoms with Gasteiger partial charge in [0.2, 0.25) is 0 Å². The molecule has 0 amide bonds. The summed E-state index contributed by atoms with van der Waals surface area (Å²) < 4.78 is 11.3. The van der Waals surface area contributed by atoms with E-state index in [0.29, 0.717) is 6.61 Å². The highest BCUT2D eigenvalue weighted by molar-refractivity contribution is 5.81. The highest BCUT2D eigenvalue weighted by Crippen LogP contribution is 2.25. The number of ether oxygens (including phenoxy) is 2. The molecule has 3 aromatic rings. The second-order valence-electron chi connectivity index (χ2n) is 6.81. The molecule has 2 aromatic heterocycles. The molecule has 0 saturated carbocycles. The standard InChI is InChI=1S/C20H24N4O2/c1-13-7-15(21)10-19(22-13)20-12-24(5-6-26-20)11-16-8-14-9-17(25-2)3-4-18(14)23-16/h3-4,7-10,20,23H,5-6,11-12H2,1-2H3,(H2,21,22)/t20-/m1/s1. The largest absolute Gasteiger partial charge is 0.497 e. The second kappa shape index (κ2) is 6.97. The number of aromatic nitrogens is 2. The normalized spacial score (nSPS) is 18.3. The smallest absolute Gasteiger partial charge is 0.119 e. The number of morpholine rings is 1. The third kappa shape index (κ3) is 3.52. The first-order valence-corrected chi connectivity index (χ1v) is 8.84. The van der Waals surface area contributed by atoms with E-state index in [1.54, 1.807) is 7.11 Å². The van der Waals surface area contributed by atoms with E-state index >= 15 is 0 Å². The van der Waals surface area contributed by atoms with Crippen molar-refractivity contribution in [2.24, 2.45) is 0 Å². The number of nitrogens with one attached hydrogen (secondary N) is 1. The Morgan fingerprint density at radius 2 is 2.19 bits per heavy atom. The number of rotatable bonds is 4. The first-order valence-electron chi connectivity index (χ1n) is 8.84. The quantitative estimate of drug-likeness (QED) is 0.755. The number of nitrogens with zero attached hydrogens (tertiary/aromatic N) is 2. The predicted molar refractivity (Wildman–Crippen MR) is 102 cm³/mol. The van der Waals surface area contributed by atoms with Crippen LogP contribution in [0.4, 0.5) is 5.69 Å². The Bertz CT molecular complexity index is 901. The zero-order chi connectivity index (χ0) is 18.1. The first kappa shape index (κ1) is 16.9. The molecule has 3 N–H and O–H groups in total. The lowest BCUT2D eigenvalue weighted by Gasteiger charge is -2.32. The number of pyridine rings is 1. The SMILES string of the molecule is COc1ccc2[nH]c(CN3CCO[C@@H](c4cc(N)cc(C)n4)C3)cc2c1. The van der Waals surface area contributed by atoms with E-state index in [9.17, 15) is 0 Å². The molecule has 1 atom stereocenters. The van der Waals surface area contributed by atoms with Gasteiger partial charge in [-0.15, -0.1) is 0 Å². The first-order chi connectivity index (χ1) is 12.6. The summed E-state index contributed by atoms with van der Waals surface area (Å²) in [6, 6.07) is 12.1. The van der Waals surface area contributed by atoms with Crippen LogP contribution in [0.5, 0.6) is 5.75 Å². The molecule has 3 heterocycles. The van der Waals surface area contributed by atoms with Gasteiger partial charge in [-0.3, -0.25) is 9.88 Å². The number of methoxy groups -OCH3 is 1. The van der Waals surface area contributed by atoms with E-state index in [1.165, 1.54) is 5.69 Å². The Balaban J connectivity index is 1.49. The molecule has 6 heteroatoms. The summed E-state index contributed by atoms with van der Waals surface area (Å²) in [4.78, 5) is 10.5. The van der Waals surface area contributed by atoms with Gasteiger partial charge in [0.1, 0.15) is 11.9 Å². The van der Waals surface area contributed by atoms with Crippen molar-refractivity contribution in [1.29, 1.82) is 0 Å². The van der Waals surface area contributed by atoms with Crippen molar-refractivity contribution < 1.29 is 9.47 Å². The minimum Gasteiger partial charge on any atom is -0.497 e. The summed E-state index contributed by atoms with van der Waals surface area (Å²) in [5, 5.41) is 1.16. The van der Waals surface area contributed by atoms with Gasteiger partial charge in [0.25, 0.3) is 0 Å². The van der Waals surface area contributed by atoms with Crippen LogP contribution in [0.25, 0.3) is 10.9 Å². The van der Waals surface area contributed by atoms with Crippen molar-refractivity contribution >= 4 is 16.6 Å². The Morgan fingerprint density at radius 3 is 3.00 bits per heavy atom.